The van der Waals surface area contributed by atoms with Gasteiger partial charge in [0.25, 0.3) is 0 Å². The number of ketones is 1. The minimum atomic E-state index is 0.0330. The molecule has 0 aliphatic rings. The second-order valence-electron chi connectivity index (χ2n) is 3.81. The molecule has 82 valence electrons. The minimum Gasteiger partial charge on any atom is -0.469 e. The maximum atomic E-state index is 12.1. The van der Waals surface area contributed by atoms with E-state index < -0.39 is 0 Å². The maximum Gasteiger partial charge on any atom is 0.196 e. The Bertz CT molecular complexity index is 492. The lowest BCUT2D eigenvalue weighted by Gasteiger charge is -2.01. The van der Waals surface area contributed by atoms with Crippen LogP contribution in [0.2, 0.25) is 0 Å². The van der Waals surface area contributed by atoms with Crippen molar-refractivity contribution in [3.63, 3.8) is 0 Å². The highest BCUT2D eigenvalue weighted by Crippen LogP contribution is 2.16. The van der Waals surface area contributed by atoms with Crippen LogP contribution in [-0.2, 0) is 6.42 Å². The van der Waals surface area contributed by atoms with Crippen LogP contribution >= 0.6 is 0 Å². The molecule has 1 heterocycles. The molecular weight excluding hydrogens is 200 g/mol. The fourth-order valence-corrected chi connectivity index (χ4v) is 1.68. The quantitative estimate of drug-likeness (QED) is 0.733. The highest BCUT2D eigenvalue weighted by molar-refractivity contribution is 6.09. The summed E-state index contributed by atoms with van der Waals surface area (Å²) < 4.78 is 5.26. The van der Waals surface area contributed by atoms with E-state index in [0.29, 0.717) is 11.1 Å². The van der Waals surface area contributed by atoms with Gasteiger partial charge in [-0.25, -0.2) is 0 Å². The smallest absolute Gasteiger partial charge is 0.196 e. The van der Waals surface area contributed by atoms with Crippen LogP contribution in [0.25, 0.3) is 0 Å². The highest BCUT2D eigenvalue weighted by Gasteiger charge is 2.14. The van der Waals surface area contributed by atoms with Crippen LogP contribution in [0.3, 0.4) is 0 Å². The zero-order chi connectivity index (χ0) is 11.5. The molecule has 0 saturated carbocycles. The number of benzene rings is 1. The van der Waals surface area contributed by atoms with Gasteiger partial charge in [0, 0.05) is 12.0 Å². The van der Waals surface area contributed by atoms with Gasteiger partial charge < -0.3 is 4.42 Å². The summed E-state index contributed by atoms with van der Waals surface area (Å²) in [5, 5.41) is 0. The second-order valence-corrected chi connectivity index (χ2v) is 3.81. The molecule has 0 amide bonds. The van der Waals surface area contributed by atoms with Crippen molar-refractivity contribution in [2.45, 2.75) is 20.3 Å². The molecule has 0 saturated heterocycles. The van der Waals surface area contributed by atoms with Crippen LogP contribution in [0.1, 0.15) is 34.2 Å². The van der Waals surface area contributed by atoms with Crippen molar-refractivity contribution in [1.82, 2.24) is 0 Å². The third kappa shape index (κ3) is 1.91. The van der Waals surface area contributed by atoms with Gasteiger partial charge in [-0.05, 0) is 13.0 Å². The number of furan rings is 1. The lowest BCUT2D eigenvalue weighted by Crippen LogP contribution is -2.02. The van der Waals surface area contributed by atoms with E-state index in [2.05, 4.69) is 0 Å². The molecule has 0 radical (unpaired) electrons. The van der Waals surface area contributed by atoms with Crippen LogP contribution < -0.4 is 0 Å². The summed E-state index contributed by atoms with van der Waals surface area (Å²) >= 11 is 0. The molecule has 2 nitrogen and oxygen atoms in total. The lowest BCUT2D eigenvalue weighted by molar-refractivity contribution is 0.103. The van der Waals surface area contributed by atoms with Crippen molar-refractivity contribution in [2.75, 3.05) is 0 Å². The zero-order valence-corrected chi connectivity index (χ0v) is 9.49. The van der Waals surface area contributed by atoms with Gasteiger partial charge in [-0.2, -0.15) is 0 Å². The molecule has 2 rings (SSSR count). The summed E-state index contributed by atoms with van der Waals surface area (Å²) in [5.41, 5.74) is 2.53. The van der Waals surface area contributed by atoms with Crippen molar-refractivity contribution in [3.05, 3.63) is 59.0 Å². The predicted octanol–water partition coefficient (Wildman–Crippen LogP) is 3.38. The Morgan fingerprint density at radius 1 is 1.19 bits per heavy atom. The number of rotatable bonds is 3. The van der Waals surface area contributed by atoms with E-state index in [0.717, 1.165) is 17.7 Å². The van der Waals surface area contributed by atoms with Gasteiger partial charge in [0.15, 0.2) is 5.78 Å². The monoisotopic (exact) mass is 214 g/mol. The normalized spacial score (nSPS) is 10.4. The summed E-state index contributed by atoms with van der Waals surface area (Å²) in [6.07, 6.45) is 2.31. The number of aryl methyl sites for hydroxylation is 2. The van der Waals surface area contributed by atoms with Gasteiger partial charge in [-0.3, -0.25) is 4.79 Å². The van der Waals surface area contributed by atoms with Crippen molar-refractivity contribution in [1.29, 1.82) is 0 Å². The van der Waals surface area contributed by atoms with Crippen LogP contribution in [0.5, 0.6) is 0 Å². The van der Waals surface area contributed by atoms with Crippen LogP contribution in [0, 0.1) is 6.92 Å². The molecule has 2 aromatic rings. The molecule has 0 fully saturated rings. The Balaban J connectivity index is 2.35. The average Bonchev–Trinajstić information content (AvgIpc) is 2.77. The zero-order valence-electron chi connectivity index (χ0n) is 9.49. The first-order valence-electron chi connectivity index (χ1n) is 5.40. The van der Waals surface area contributed by atoms with E-state index in [4.69, 9.17) is 4.42 Å². The molecular formula is C14H14O2. The maximum absolute atomic E-state index is 12.1. The number of carbonyl (C=O) groups is 1. The Kier molecular flexibility index (Phi) is 2.91. The molecule has 0 aliphatic heterocycles. The first-order chi connectivity index (χ1) is 7.72. The average molecular weight is 214 g/mol. The lowest BCUT2D eigenvalue weighted by atomic mass is 10.0. The van der Waals surface area contributed by atoms with Crippen LogP contribution in [0.4, 0.5) is 0 Å². The van der Waals surface area contributed by atoms with Gasteiger partial charge in [-0.1, -0.05) is 36.8 Å². The Morgan fingerprint density at radius 3 is 2.50 bits per heavy atom. The van der Waals surface area contributed by atoms with Gasteiger partial charge in [0.05, 0.1) is 11.8 Å². The molecule has 1 aromatic heterocycles. The second kappa shape index (κ2) is 4.35. The van der Waals surface area contributed by atoms with E-state index in [1.165, 1.54) is 0 Å². The van der Waals surface area contributed by atoms with Gasteiger partial charge in [0.2, 0.25) is 0 Å². The van der Waals surface area contributed by atoms with Crippen LogP contribution in [-0.4, -0.2) is 5.78 Å². The molecule has 0 atom stereocenters. The predicted molar refractivity (Wildman–Crippen MR) is 62.7 cm³/mol. The first kappa shape index (κ1) is 10.7. The first-order valence-corrected chi connectivity index (χ1v) is 5.40. The topological polar surface area (TPSA) is 30.2 Å². The van der Waals surface area contributed by atoms with Crippen molar-refractivity contribution in [2.24, 2.45) is 0 Å². The van der Waals surface area contributed by atoms with Gasteiger partial charge in [-0.15, -0.1) is 0 Å². The Hall–Kier alpha value is -1.83. The highest BCUT2D eigenvalue weighted by atomic mass is 16.3. The van der Waals surface area contributed by atoms with Crippen molar-refractivity contribution in [3.8, 4) is 0 Å². The Labute approximate surface area is 94.9 Å². The number of hydrogen-bond donors (Lipinski definition) is 0. The summed E-state index contributed by atoms with van der Waals surface area (Å²) in [7, 11) is 0. The fourth-order valence-electron chi connectivity index (χ4n) is 1.68. The SMILES string of the molecule is CCc1occc1C(=O)c1ccc(C)cc1. The van der Waals surface area contributed by atoms with Gasteiger partial charge >= 0.3 is 0 Å². The largest absolute Gasteiger partial charge is 0.469 e. The number of hydrogen-bond acceptors (Lipinski definition) is 2. The molecule has 0 spiro atoms. The summed E-state index contributed by atoms with van der Waals surface area (Å²) in [4.78, 5) is 12.1. The van der Waals surface area contributed by atoms with E-state index in [1.807, 2.05) is 38.1 Å². The molecule has 0 aliphatic carbocycles. The molecule has 16 heavy (non-hydrogen) atoms. The number of carbonyl (C=O) groups excluding carboxylic acids is 1. The van der Waals surface area contributed by atoms with E-state index >= 15 is 0 Å². The standard InChI is InChI=1S/C14H14O2/c1-3-13-12(8-9-16-13)14(15)11-6-4-10(2)5-7-11/h4-9H,3H2,1-2H3. The molecule has 1 aromatic carbocycles. The molecule has 0 unspecified atom stereocenters. The van der Waals surface area contributed by atoms with Crippen molar-refractivity contribution < 1.29 is 9.21 Å². The van der Waals surface area contributed by atoms with E-state index in [1.54, 1.807) is 12.3 Å². The third-order valence-electron chi connectivity index (χ3n) is 2.62. The van der Waals surface area contributed by atoms with Crippen LogP contribution in [0.15, 0.2) is 41.0 Å². The molecule has 2 heteroatoms. The summed E-state index contributed by atoms with van der Waals surface area (Å²) in [6.45, 7) is 3.98. The van der Waals surface area contributed by atoms with E-state index in [9.17, 15) is 4.79 Å². The van der Waals surface area contributed by atoms with Crippen molar-refractivity contribution >= 4 is 5.78 Å². The molecule has 0 N–H and O–H groups in total. The van der Waals surface area contributed by atoms with Gasteiger partial charge in [0.1, 0.15) is 5.76 Å². The summed E-state index contributed by atoms with van der Waals surface area (Å²) in [6, 6.07) is 9.33. The van der Waals surface area contributed by atoms with E-state index in [-0.39, 0.29) is 5.78 Å². The summed E-state index contributed by atoms with van der Waals surface area (Å²) in [5.74, 6) is 0.788. The third-order valence-corrected chi connectivity index (χ3v) is 2.62. The minimum absolute atomic E-state index is 0.0330. The Morgan fingerprint density at radius 2 is 1.88 bits per heavy atom. The molecule has 0 bridgehead atoms. The fraction of sp³-hybridized carbons (Fsp3) is 0.214.